The summed E-state index contributed by atoms with van der Waals surface area (Å²) in [6.45, 7) is 5.09. The summed E-state index contributed by atoms with van der Waals surface area (Å²) >= 11 is 0. The summed E-state index contributed by atoms with van der Waals surface area (Å²) in [6.07, 6.45) is 3.05. The third kappa shape index (κ3) is 5.93. The van der Waals surface area contributed by atoms with Gasteiger partial charge in [-0.2, -0.15) is 0 Å². The number of carbonyl (C=O) groups excluding carboxylic acids is 2. The smallest absolute Gasteiger partial charge is 0.319 e. The van der Waals surface area contributed by atoms with Crippen LogP contribution in [0.4, 0.5) is 10.5 Å². The summed E-state index contributed by atoms with van der Waals surface area (Å²) in [5, 5.41) is 22.1. The molecule has 0 aromatic carbocycles. The van der Waals surface area contributed by atoms with Crippen LogP contribution in [0.5, 0.6) is 0 Å². The Morgan fingerprint density at radius 3 is 2.60 bits per heavy atom. The van der Waals surface area contributed by atoms with Crippen LogP contribution in [0.1, 0.15) is 43.6 Å². The molecular formula is C20H32N4O6. The molecule has 2 saturated heterocycles. The first-order chi connectivity index (χ1) is 14.5. The van der Waals surface area contributed by atoms with Gasteiger partial charge in [-0.3, -0.25) is 4.79 Å². The van der Waals surface area contributed by atoms with E-state index in [0.29, 0.717) is 49.7 Å². The van der Waals surface area contributed by atoms with E-state index in [1.165, 1.54) is 0 Å². The predicted octanol–water partition coefficient (Wildman–Crippen LogP) is 1.25. The first-order valence-electron chi connectivity index (χ1n) is 10.6. The first-order valence-corrected chi connectivity index (χ1v) is 10.6. The van der Waals surface area contributed by atoms with Crippen molar-refractivity contribution in [3.63, 3.8) is 0 Å². The highest BCUT2D eigenvalue weighted by Gasteiger charge is 2.32. The van der Waals surface area contributed by atoms with Gasteiger partial charge in [0.05, 0.1) is 18.8 Å². The van der Waals surface area contributed by atoms with Crippen LogP contribution in [0.2, 0.25) is 0 Å². The summed E-state index contributed by atoms with van der Waals surface area (Å²) < 4.78 is 16.3. The largest absolute Gasteiger partial charge is 0.394 e. The molecule has 3 atom stereocenters. The number of ether oxygens (including phenoxy) is 2. The molecule has 10 nitrogen and oxygen atoms in total. The van der Waals surface area contributed by atoms with E-state index in [0.717, 1.165) is 19.3 Å². The molecule has 168 valence electrons. The summed E-state index contributed by atoms with van der Waals surface area (Å²) in [6, 6.07) is -0.692. The molecule has 30 heavy (non-hydrogen) atoms. The fourth-order valence-electron chi connectivity index (χ4n) is 3.95. The number of aliphatic hydroxyl groups is 1. The van der Waals surface area contributed by atoms with Crippen molar-refractivity contribution in [3.8, 4) is 0 Å². The Morgan fingerprint density at radius 1 is 1.17 bits per heavy atom. The van der Waals surface area contributed by atoms with Gasteiger partial charge >= 0.3 is 6.03 Å². The number of rotatable bonds is 7. The van der Waals surface area contributed by atoms with Crippen molar-refractivity contribution in [2.75, 3.05) is 31.7 Å². The van der Waals surface area contributed by atoms with Crippen molar-refractivity contribution >= 4 is 17.6 Å². The Kier molecular flexibility index (Phi) is 8.06. The Bertz CT molecular complexity index is 699. The summed E-state index contributed by atoms with van der Waals surface area (Å²) in [7, 11) is 0. The average Bonchev–Trinajstić information content (AvgIpc) is 3.07. The summed E-state index contributed by atoms with van der Waals surface area (Å²) in [5.41, 5.74) is 1.15. The van der Waals surface area contributed by atoms with Gasteiger partial charge in [0.25, 0.3) is 0 Å². The van der Waals surface area contributed by atoms with Gasteiger partial charge in [0.2, 0.25) is 5.91 Å². The normalized spacial score (nSPS) is 25.0. The van der Waals surface area contributed by atoms with Crippen LogP contribution in [-0.4, -0.2) is 66.8 Å². The zero-order valence-corrected chi connectivity index (χ0v) is 17.6. The SMILES string of the molecule is Cc1noc(C)c1NC(=O)N[C@@H]1CC[C@@H](CCNC(=O)C2CCOCC2)O[C@H]1CO. The van der Waals surface area contributed by atoms with Crippen molar-refractivity contribution in [1.29, 1.82) is 0 Å². The fourth-order valence-corrected chi connectivity index (χ4v) is 3.95. The van der Waals surface area contributed by atoms with Crippen LogP contribution < -0.4 is 16.0 Å². The minimum absolute atomic E-state index is 0.0287. The number of nitrogens with one attached hydrogen (secondary N) is 3. The van der Waals surface area contributed by atoms with Crippen LogP contribution in [0.25, 0.3) is 0 Å². The first kappa shape index (κ1) is 22.5. The van der Waals surface area contributed by atoms with E-state index in [4.69, 9.17) is 14.0 Å². The van der Waals surface area contributed by atoms with E-state index in [2.05, 4.69) is 21.1 Å². The molecule has 3 rings (SSSR count). The topological polar surface area (TPSA) is 135 Å². The Morgan fingerprint density at radius 2 is 1.93 bits per heavy atom. The van der Waals surface area contributed by atoms with Crippen LogP contribution in [-0.2, 0) is 14.3 Å². The van der Waals surface area contributed by atoms with Crippen molar-refractivity contribution in [2.45, 2.75) is 64.2 Å². The van der Waals surface area contributed by atoms with Crippen LogP contribution in [0.3, 0.4) is 0 Å². The molecule has 0 spiro atoms. The molecule has 1 aromatic heterocycles. The molecule has 3 amide bonds. The summed E-state index contributed by atoms with van der Waals surface area (Å²) in [5.74, 6) is 0.633. The van der Waals surface area contributed by atoms with Crippen LogP contribution >= 0.6 is 0 Å². The maximum atomic E-state index is 12.3. The molecule has 2 aliphatic rings. The second kappa shape index (κ2) is 10.7. The van der Waals surface area contributed by atoms with Crippen molar-refractivity contribution in [1.82, 2.24) is 15.8 Å². The molecule has 1 aromatic rings. The number of carbonyl (C=O) groups is 2. The Labute approximate surface area is 176 Å². The van der Waals surface area contributed by atoms with E-state index < -0.39 is 12.1 Å². The van der Waals surface area contributed by atoms with Gasteiger partial charge in [0.15, 0.2) is 5.76 Å². The third-order valence-corrected chi connectivity index (χ3v) is 5.74. The lowest BCUT2D eigenvalue weighted by Crippen LogP contribution is -2.52. The monoisotopic (exact) mass is 424 g/mol. The predicted molar refractivity (Wildman–Crippen MR) is 108 cm³/mol. The molecule has 2 aliphatic heterocycles. The third-order valence-electron chi connectivity index (χ3n) is 5.74. The van der Waals surface area contributed by atoms with E-state index in [1.54, 1.807) is 13.8 Å². The van der Waals surface area contributed by atoms with Gasteiger partial charge < -0.3 is 35.1 Å². The van der Waals surface area contributed by atoms with Gasteiger partial charge in [0.1, 0.15) is 17.5 Å². The average molecular weight is 424 g/mol. The van der Waals surface area contributed by atoms with Crippen LogP contribution in [0.15, 0.2) is 4.52 Å². The van der Waals surface area contributed by atoms with Crippen molar-refractivity contribution < 1.29 is 28.7 Å². The standard InChI is InChI=1S/C20H32N4O6/c1-12-18(13(2)30-24-12)23-20(27)22-16-4-3-15(29-17(16)11-25)5-8-21-19(26)14-6-9-28-10-7-14/h14-17,25H,3-11H2,1-2H3,(H,21,26)(H2,22,23,27)/t15-,16+,17-/m0/s1. The lowest BCUT2D eigenvalue weighted by atomic mass is 9.96. The molecule has 10 heteroatoms. The highest BCUT2D eigenvalue weighted by molar-refractivity contribution is 5.90. The lowest BCUT2D eigenvalue weighted by molar-refractivity contribution is -0.128. The van der Waals surface area contributed by atoms with Gasteiger partial charge in [-0.05, 0) is 46.0 Å². The summed E-state index contributed by atoms with van der Waals surface area (Å²) in [4.78, 5) is 24.5. The molecule has 3 heterocycles. The van der Waals surface area contributed by atoms with Gasteiger partial charge in [-0.1, -0.05) is 5.16 Å². The molecule has 0 unspecified atom stereocenters. The zero-order valence-electron chi connectivity index (χ0n) is 17.6. The van der Waals surface area contributed by atoms with Gasteiger partial charge in [-0.15, -0.1) is 0 Å². The second-order valence-electron chi connectivity index (χ2n) is 7.93. The molecular weight excluding hydrogens is 392 g/mol. The highest BCUT2D eigenvalue weighted by Crippen LogP contribution is 2.23. The van der Waals surface area contributed by atoms with E-state index in [9.17, 15) is 14.7 Å². The minimum Gasteiger partial charge on any atom is -0.394 e. The Balaban J connectivity index is 1.40. The number of urea groups is 1. The second-order valence-corrected chi connectivity index (χ2v) is 7.93. The molecule has 2 fully saturated rings. The number of hydrogen-bond donors (Lipinski definition) is 4. The minimum atomic E-state index is -0.495. The fraction of sp³-hybridized carbons (Fsp3) is 0.750. The molecule has 0 aliphatic carbocycles. The number of hydrogen-bond acceptors (Lipinski definition) is 7. The number of aromatic nitrogens is 1. The van der Waals surface area contributed by atoms with Crippen molar-refractivity contribution in [3.05, 3.63) is 11.5 Å². The van der Waals surface area contributed by atoms with E-state index in [1.807, 2.05) is 0 Å². The number of aryl methyl sites for hydroxylation is 2. The quantitative estimate of drug-likeness (QED) is 0.517. The van der Waals surface area contributed by atoms with Gasteiger partial charge in [0, 0.05) is 25.7 Å². The molecule has 0 bridgehead atoms. The molecule has 4 N–H and O–H groups in total. The van der Waals surface area contributed by atoms with Crippen LogP contribution in [0, 0.1) is 19.8 Å². The van der Waals surface area contributed by atoms with Crippen molar-refractivity contribution in [2.24, 2.45) is 5.92 Å². The number of anilines is 1. The highest BCUT2D eigenvalue weighted by atomic mass is 16.5. The van der Waals surface area contributed by atoms with Gasteiger partial charge in [-0.25, -0.2) is 4.79 Å². The maximum Gasteiger partial charge on any atom is 0.319 e. The Hall–Kier alpha value is -2.17. The maximum absolute atomic E-state index is 12.3. The van der Waals surface area contributed by atoms with E-state index in [-0.39, 0.29) is 30.6 Å². The lowest BCUT2D eigenvalue weighted by Gasteiger charge is -2.36. The molecule has 0 saturated carbocycles. The number of amides is 3. The number of aliphatic hydroxyl groups excluding tert-OH is 1. The zero-order chi connectivity index (χ0) is 21.5. The number of nitrogens with zero attached hydrogens (tertiary/aromatic N) is 1. The van der Waals surface area contributed by atoms with E-state index >= 15 is 0 Å². The molecule has 0 radical (unpaired) electrons.